The molecule has 1 N–H and O–H groups in total. The van der Waals surface area contributed by atoms with E-state index in [-0.39, 0.29) is 23.0 Å². The van der Waals surface area contributed by atoms with Crippen molar-refractivity contribution >= 4 is 40.8 Å². The Balaban J connectivity index is 1.72. The van der Waals surface area contributed by atoms with Crippen LogP contribution in [0.3, 0.4) is 0 Å². The van der Waals surface area contributed by atoms with Crippen molar-refractivity contribution in [3.05, 3.63) is 58.9 Å². The van der Waals surface area contributed by atoms with Gasteiger partial charge in [-0.05, 0) is 30.3 Å². The lowest BCUT2D eigenvalue weighted by Crippen LogP contribution is -2.44. The van der Waals surface area contributed by atoms with Crippen LogP contribution in [0.5, 0.6) is 0 Å². The van der Waals surface area contributed by atoms with E-state index >= 15 is 0 Å². The number of benzene rings is 2. The second-order valence-electron chi connectivity index (χ2n) is 5.25. The van der Waals surface area contributed by atoms with Crippen LogP contribution in [0.25, 0.3) is 0 Å². The lowest BCUT2D eigenvalue weighted by molar-refractivity contribution is -0.124. The predicted molar refractivity (Wildman–Crippen MR) is 89.1 cm³/mol. The zero-order valence-electron chi connectivity index (χ0n) is 12.8. The van der Waals surface area contributed by atoms with E-state index in [1.165, 1.54) is 11.0 Å². The maximum Gasteiger partial charge on any atom is 0.341 e. The van der Waals surface area contributed by atoms with E-state index in [4.69, 9.17) is 16.3 Å². The molecular weight excluding hydrogens is 351 g/mol. The summed E-state index contributed by atoms with van der Waals surface area (Å²) >= 11 is 5.72. The van der Waals surface area contributed by atoms with Crippen LogP contribution in [0.15, 0.2) is 42.5 Å². The fourth-order valence-electron chi connectivity index (χ4n) is 2.39. The molecule has 1 aliphatic heterocycles. The summed E-state index contributed by atoms with van der Waals surface area (Å²) in [5, 5.41) is 2.81. The Morgan fingerprint density at radius 3 is 2.80 bits per heavy atom. The number of nitrogens with zero attached hydrogens (tertiary/aromatic N) is 1. The summed E-state index contributed by atoms with van der Waals surface area (Å²) in [6.07, 6.45) is 0. The number of hydrogen-bond donors (Lipinski definition) is 1. The molecule has 6 nitrogen and oxygen atoms in total. The standard InChI is InChI=1S/C17H12ClFN2O4/c18-10-5-6-12(19)11(7-10)17(24)25-9-16(23)21-8-15(22)20-13-3-1-2-4-14(13)21/h1-7H,8-9H2,(H,20,22). The number of fused-ring (bicyclic) bond motifs is 1. The minimum atomic E-state index is -1.01. The van der Waals surface area contributed by atoms with E-state index in [1.54, 1.807) is 24.3 Å². The Hall–Kier alpha value is -2.93. The van der Waals surface area contributed by atoms with Gasteiger partial charge >= 0.3 is 5.97 Å². The zero-order valence-corrected chi connectivity index (χ0v) is 13.5. The van der Waals surface area contributed by atoms with Crippen LogP contribution in [0, 0.1) is 5.82 Å². The molecule has 0 atom stereocenters. The second kappa shape index (κ2) is 6.90. The van der Waals surface area contributed by atoms with Gasteiger partial charge in [-0.1, -0.05) is 23.7 Å². The molecule has 128 valence electrons. The summed E-state index contributed by atoms with van der Waals surface area (Å²) in [4.78, 5) is 37.2. The molecule has 8 heteroatoms. The molecule has 1 heterocycles. The molecule has 0 aliphatic carbocycles. The Morgan fingerprint density at radius 1 is 1.24 bits per heavy atom. The first kappa shape index (κ1) is 16.9. The number of para-hydroxylation sites is 2. The average molecular weight is 363 g/mol. The molecule has 3 rings (SSSR count). The third kappa shape index (κ3) is 3.61. The molecule has 0 saturated carbocycles. The first-order chi connectivity index (χ1) is 12.0. The van der Waals surface area contributed by atoms with Gasteiger partial charge in [-0.15, -0.1) is 0 Å². The molecule has 2 aromatic carbocycles. The van der Waals surface area contributed by atoms with E-state index in [1.807, 2.05) is 0 Å². The molecule has 0 radical (unpaired) electrons. The number of carbonyl (C=O) groups excluding carboxylic acids is 3. The number of halogens is 2. The highest BCUT2D eigenvalue weighted by atomic mass is 35.5. The van der Waals surface area contributed by atoms with Gasteiger partial charge in [0, 0.05) is 5.02 Å². The van der Waals surface area contributed by atoms with Crippen LogP contribution in [0.4, 0.5) is 15.8 Å². The van der Waals surface area contributed by atoms with Crippen LogP contribution in [0.1, 0.15) is 10.4 Å². The van der Waals surface area contributed by atoms with Gasteiger partial charge in [0.1, 0.15) is 12.4 Å². The quantitative estimate of drug-likeness (QED) is 0.852. The Bertz CT molecular complexity index is 871. The molecule has 1 aliphatic rings. The van der Waals surface area contributed by atoms with E-state index in [2.05, 4.69) is 5.32 Å². The van der Waals surface area contributed by atoms with Crippen molar-refractivity contribution in [3.8, 4) is 0 Å². The number of ether oxygens (including phenoxy) is 1. The van der Waals surface area contributed by atoms with Gasteiger partial charge in [0.05, 0.1) is 16.9 Å². The topological polar surface area (TPSA) is 75.7 Å². The van der Waals surface area contributed by atoms with Gasteiger partial charge in [-0.25, -0.2) is 9.18 Å². The number of anilines is 2. The van der Waals surface area contributed by atoms with E-state index < -0.39 is 24.3 Å². The number of amides is 2. The van der Waals surface area contributed by atoms with Crippen LogP contribution in [0.2, 0.25) is 5.02 Å². The van der Waals surface area contributed by atoms with Gasteiger partial charge in [0.25, 0.3) is 5.91 Å². The van der Waals surface area contributed by atoms with Gasteiger partial charge in [0.2, 0.25) is 5.91 Å². The summed E-state index contributed by atoms with van der Waals surface area (Å²) in [7, 11) is 0. The Kier molecular flexibility index (Phi) is 4.67. The van der Waals surface area contributed by atoms with Crippen molar-refractivity contribution in [1.29, 1.82) is 0 Å². The number of carbonyl (C=O) groups is 3. The van der Waals surface area contributed by atoms with Crippen molar-refractivity contribution in [2.45, 2.75) is 0 Å². The van der Waals surface area contributed by atoms with E-state index in [0.717, 1.165) is 12.1 Å². The monoisotopic (exact) mass is 362 g/mol. The van der Waals surface area contributed by atoms with Crippen molar-refractivity contribution in [2.75, 3.05) is 23.4 Å². The van der Waals surface area contributed by atoms with Crippen molar-refractivity contribution in [3.63, 3.8) is 0 Å². The summed E-state index contributed by atoms with van der Waals surface area (Å²) in [6, 6.07) is 10.2. The molecule has 0 aromatic heterocycles. The Morgan fingerprint density at radius 2 is 2.00 bits per heavy atom. The highest BCUT2D eigenvalue weighted by Gasteiger charge is 2.27. The second-order valence-corrected chi connectivity index (χ2v) is 5.68. The lowest BCUT2D eigenvalue weighted by atomic mass is 10.2. The van der Waals surface area contributed by atoms with Crippen molar-refractivity contribution in [2.24, 2.45) is 0 Å². The highest BCUT2D eigenvalue weighted by molar-refractivity contribution is 6.30. The fourth-order valence-corrected chi connectivity index (χ4v) is 2.56. The fraction of sp³-hybridized carbons (Fsp3) is 0.118. The molecule has 0 bridgehead atoms. The maximum absolute atomic E-state index is 13.6. The van der Waals surface area contributed by atoms with Crippen LogP contribution in [-0.4, -0.2) is 30.9 Å². The molecule has 0 fully saturated rings. The van der Waals surface area contributed by atoms with Gasteiger partial charge in [-0.2, -0.15) is 0 Å². The molecule has 2 amide bonds. The first-order valence-electron chi connectivity index (χ1n) is 7.27. The molecule has 0 unspecified atom stereocenters. The third-order valence-corrected chi connectivity index (χ3v) is 3.78. The van der Waals surface area contributed by atoms with Gasteiger partial charge < -0.3 is 10.1 Å². The van der Waals surface area contributed by atoms with Crippen LogP contribution in [-0.2, 0) is 14.3 Å². The smallest absolute Gasteiger partial charge is 0.341 e. The van der Waals surface area contributed by atoms with E-state index in [9.17, 15) is 18.8 Å². The average Bonchev–Trinajstić information content (AvgIpc) is 2.60. The highest BCUT2D eigenvalue weighted by Crippen LogP contribution is 2.28. The third-order valence-electron chi connectivity index (χ3n) is 3.55. The van der Waals surface area contributed by atoms with E-state index in [0.29, 0.717) is 11.4 Å². The van der Waals surface area contributed by atoms with Gasteiger partial charge in [0.15, 0.2) is 6.61 Å². The van der Waals surface area contributed by atoms with Crippen molar-refractivity contribution in [1.82, 2.24) is 0 Å². The minimum Gasteiger partial charge on any atom is -0.452 e. The predicted octanol–water partition coefficient (Wildman–Crippen LogP) is 2.62. The van der Waals surface area contributed by atoms with Crippen molar-refractivity contribution < 1.29 is 23.5 Å². The number of esters is 1. The molecular formula is C17H12ClFN2O4. The first-order valence-corrected chi connectivity index (χ1v) is 7.65. The number of hydrogen-bond acceptors (Lipinski definition) is 4. The zero-order chi connectivity index (χ0) is 18.0. The summed E-state index contributed by atoms with van der Waals surface area (Å²) in [5.41, 5.74) is 0.619. The SMILES string of the molecule is O=C1CN(C(=O)COC(=O)c2cc(Cl)ccc2F)c2ccccc2N1. The van der Waals surface area contributed by atoms with Crippen LogP contribution < -0.4 is 10.2 Å². The lowest BCUT2D eigenvalue weighted by Gasteiger charge is -2.28. The molecule has 2 aromatic rings. The van der Waals surface area contributed by atoms with Crippen LogP contribution >= 0.6 is 11.6 Å². The number of nitrogens with one attached hydrogen (secondary N) is 1. The molecule has 0 saturated heterocycles. The number of rotatable bonds is 3. The molecule has 25 heavy (non-hydrogen) atoms. The largest absolute Gasteiger partial charge is 0.452 e. The molecule has 0 spiro atoms. The summed E-state index contributed by atoms with van der Waals surface area (Å²) < 4.78 is 18.5. The Labute approximate surface area is 147 Å². The normalized spacial score (nSPS) is 13.0. The maximum atomic E-state index is 13.6. The summed E-state index contributed by atoms with van der Waals surface area (Å²) in [5.74, 6) is -2.77. The minimum absolute atomic E-state index is 0.168. The van der Waals surface area contributed by atoms with Gasteiger partial charge in [-0.3, -0.25) is 14.5 Å². The summed E-state index contributed by atoms with van der Waals surface area (Å²) in [6.45, 7) is -0.828.